The maximum atomic E-state index is 13.4. The Morgan fingerprint density at radius 2 is 2.21 bits per heavy atom. The molecule has 19 heavy (non-hydrogen) atoms. The number of aromatic nitrogens is 2. The highest BCUT2D eigenvalue weighted by atomic mass is 32.2. The number of imidazole rings is 1. The lowest BCUT2D eigenvalue weighted by molar-refractivity contribution is -0.115. The zero-order valence-electron chi connectivity index (χ0n) is 10.6. The fraction of sp³-hybridized carbons (Fsp3) is 0.231. The van der Waals surface area contributed by atoms with E-state index < -0.39 is 5.82 Å². The van der Waals surface area contributed by atoms with Crippen LogP contribution in [0.4, 0.5) is 10.1 Å². The summed E-state index contributed by atoms with van der Waals surface area (Å²) in [7, 11) is 1.86. The molecule has 1 aromatic carbocycles. The molecule has 0 spiro atoms. The largest absolute Gasteiger partial charge is 0.329 e. The molecule has 1 N–H and O–H groups in total. The van der Waals surface area contributed by atoms with Crippen molar-refractivity contribution >= 4 is 23.4 Å². The zero-order valence-corrected chi connectivity index (χ0v) is 11.4. The first-order valence-corrected chi connectivity index (χ1v) is 6.65. The molecule has 4 nitrogen and oxygen atoms in total. The minimum absolute atomic E-state index is 0.194. The minimum Gasteiger partial charge on any atom is -0.329 e. The fourth-order valence-electron chi connectivity index (χ4n) is 1.47. The Bertz CT molecular complexity index is 585. The highest BCUT2D eigenvalue weighted by molar-refractivity contribution is 8.00. The van der Waals surface area contributed by atoms with Gasteiger partial charge in [0.1, 0.15) is 5.82 Å². The highest BCUT2D eigenvalue weighted by Gasteiger charge is 2.17. The minimum atomic E-state index is -0.440. The monoisotopic (exact) mass is 279 g/mol. The number of anilines is 1. The molecule has 0 bridgehead atoms. The van der Waals surface area contributed by atoms with Crippen molar-refractivity contribution in [3.8, 4) is 0 Å². The Kier molecular flexibility index (Phi) is 4.21. The standard InChI is InChI=1S/C13H14FN3OS/c1-9(19-13-15-7-8-17(13)2)12(18)16-11-6-4-3-5-10(11)14/h3-9H,1-2H3,(H,16,18)/t9-/m1/s1. The molecule has 0 radical (unpaired) electrons. The van der Waals surface area contributed by atoms with E-state index >= 15 is 0 Å². The molecule has 1 atom stereocenters. The zero-order chi connectivity index (χ0) is 13.8. The lowest BCUT2D eigenvalue weighted by Crippen LogP contribution is -2.23. The molecule has 0 fully saturated rings. The van der Waals surface area contributed by atoms with Gasteiger partial charge in [-0.3, -0.25) is 4.79 Å². The van der Waals surface area contributed by atoms with E-state index in [4.69, 9.17) is 0 Å². The molecule has 1 aromatic heterocycles. The summed E-state index contributed by atoms with van der Waals surface area (Å²) >= 11 is 1.33. The first-order chi connectivity index (χ1) is 9.08. The molecule has 0 aliphatic rings. The summed E-state index contributed by atoms with van der Waals surface area (Å²) in [6.07, 6.45) is 3.48. The van der Waals surface area contributed by atoms with Crippen LogP contribution in [0.5, 0.6) is 0 Å². The summed E-state index contributed by atoms with van der Waals surface area (Å²) < 4.78 is 15.2. The third-order valence-electron chi connectivity index (χ3n) is 2.56. The average molecular weight is 279 g/mol. The van der Waals surface area contributed by atoms with Crippen molar-refractivity contribution in [1.29, 1.82) is 0 Å². The van der Waals surface area contributed by atoms with Crippen molar-refractivity contribution in [2.45, 2.75) is 17.3 Å². The van der Waals surface area contributed by atoms with E-state index in [0.29, 0.717) is 0 Å². The SMILES string of the molecule is C[C@@H](Sc1nccn1C)C(=O)Nc1ccccc1F. The van der Waals surface area contributed by atoms with Gasteiger partial charge in [0, 0.05) is 19.4 Å². The molecule has 100 valence electrons. The van der Waals surface area contributed by atoms with Crippen LogP contribution in [0.2, 0.25) is 0 Å². The van der Waals surface area contributed by atoms with Crippen molar-refractivity contribution in [2.24, 2.45) is 7.05 Å². The molecule has 2 rings (SSSR count). The molecule has 0 aliphatic carbocycles. The lowest BCUT2D eigenvalue weighted by Gasteiger charge is -2.12. The maximum Gasteiger partial charge on any atom is 0.237 e. The van der Waals surface area contributed by atoms with Crippen molar-refractivity contribution < 1.29 is 9.18 Å². The number of nitrogens with one attached hydrogen (secondary N) is 1. The van der Waals surface area contributed by atoms with Crippen LogP contribution in [0.1, 0.15) is 6.92 Å². The van der Waals surface area contributed by atoms with Crippen LogP contribution in [0.25, 0.3) is 0 Å². The van der Waals surface area contributed by atoms with Gasteiger partial charge in [0.15, 0.2) is 5.16 Å². The summed E-state index contributed by atoms with van der Waals surface area (Å²) in [5, 5.41) is 2.96. The number of rotatable bonds is 4. The Balaban J connectivity index is 2.00. The number of hydrogen-bond acceptors (Lipinski definition) is 3. The van der Waals surface area contributed by atoms with Crippen LogP contribution in [0, 0.1) is 5.82 Å². The van der Waals surface area contributed by atoms with Crippen LogP contribution in [-0.4, -0.2) is 20.7 Å². The molecule has 0 saturated heterocycles. The van der Waals surface area contributed by atoms with Gasteiger partial charge < -0.3 is 9.88 Å². The molecule has 0 unspecified atom stereocenters. The van der Waals surface area contributed by atoms with Gasteiger partial charge in [0.25, 0.3) is 0 Å². The molecule has 0 saturated carbocycles. The number of carbonyl (C=O) groups excluding carboxylic acids is 1. The first kappa shape index (κ1) is 13.6. The predicted octanol–water partition coefficient (Wildman–Crippen LogP) is 2.68. The summed E-state index contributed by atoms with van der Waals surface area (Å²) in [5.41, 5.74) is 0.194. The highest BCUT2D eigenvalue weighted by Crippen LogP contribution is 2.22. The second-order valence-electron chi connectivity index (χ2n) is 4.05. The topological polar surface area (TPSA) is 46.9 Å². The van der Waals surface area contributed by atoms with Gasteiger partial charge in [-0.2, -0.15) is 0 Å². The summed E-state index contributed by atoms with van der Waals surface area (Å²) in [6, 6.07) is 6.10. The Morgan fingerprint density at radius 3 is 2.84 bits per heavy atom. The quantitative estimate of drug-likeness (QED) is 0.875. The number of para-hydroxylation sites is 1. The summed E-state index contributed by atoms with van der Waals surface area (Å²) in [4.78, 5) is 16.1. The van der Waals surface area contributed by atoms with Gasteiger partial charge in [-0.1, -0.05) is 23.9 Å². The smallest absolute Gasteiger partial charge is 0.237 e. The van der Waals surface area contributed by atoms with Gasteiger partial charge in [0.05, 0.1) is 10.9 Å². The van der Waals surface area contributed by atoms with Crippen molar-refractivity contribution in [2.75, 3.05) is 5.32 Å². The average Bonchev–Trinajstić information content (AvgIpc) is 2.78. The van der Waals surface area contributed by atoms with Gasteiger partial charge in [-0.15, -0.1) is 0 Å². The van der Waals surface area contributed by atoms with Gasteiger partial charge in [0.2, 0.25) is 5.91 Å². The van der Waals surface area contributed by atoms with Crippen molar-refractivity contribution in [1.82, 2.24) is 9.55 Å². The van der Waals surface area contributed by atoms with Crippen molar-refractivity contribution in [3.63, 3.8) is 0 Å². The number of aryl methyl sites for hydroxylation is 1. The molecular weight excluding hydrogens is 265 g/mol. The summed E-state index contributed by atoms with van der Waals surface area (Å²) in [5.74, 6) is -0.692. The molecule has 0 aliphatic heterocycles. The second-order valence-corrected chi connectivity index (χ2v) is 5.36. The number of nitrogens with zero attached hydrogens (tertiary/aromatic N) is 2. The molecular formula is C13H14FN3OS. The second kappa shape index (κ2) is 5.88. The van der Waals surface area contributed by atoms with Crippen molar-refractivity contribution in [3.05, 3.63) is 42.5 Å². The number of thioether (sulfide) groups is 1. The molecule has 6 heteroatoms. The number of carbonyl (C=O) groups is 1. The van der Waals surface area contributed by atoms with Crippen LogP contribution in [0.15, 0.2) is 41.8 Å². The fourth-order valence-corrected chi connectivity index (χ4v) is 2.31. The number of amides is 1. The number of hydrogen-bond donors (Lipinski definition) is 1. The van der Waals surface area contributed by atoms with Crippen LogP contribution < -0.4 is 5.32 Å². The molecule has 1 amide bonds. The predicted molar refractivity (Wildman–Crippen MR) is 73.6 cm³/mol. The number of benzene rings is 1. The number of halogens is 1. The van der Waals surface area contributed by atoms with Crippen LogP contribution >= 0.6 is 11.8 Å². The lowest BCUT2D eigenvalue weighted by atomic mass is 10.3. The Labute approximate surface area is 115 Å². The van der Waals surface area contributed by atoms with E-state index in [1.807, 2.05) is 17.8 Å². The van der Waals surface area contributed by atoms with Gasteiger partial charge in [-0.25, -0.2) is 9.37 Å². The molecule has 2 aromatic rings. The third-order valence-corrected chi connectivity index (χ3v) is 3.73. The summed E-state index contributed by atoms with van der Waals surface area (Å²) in [6.45, 7) is 1.76. The van der Waals surface area contributed by atoms with Gasteiger partial charge in [-0.05, 0) is 19.1 Å². The first-order valence-electron chi connectivity index (χ1n) is 5.77. The third kappa shape index (κ3) is 3.35. The maximum absolute atomic E-state index is 13.4. The van der Waals surface area contributed by atoms with E-state index in [9.17, 15) is 9.18 Å². The van der Waals surface area contributed by atoms with E-state index in [2.05, 4.69) is 10.3 Å². The Hall–Kier alpha value is -1.82. The van der Waals surface area contributed by atoms with E-state index in [0.717, 1.165) is 5.16 Å². The molecule has 1 heterocycles. The van der Waals surface area contributed by atoms with E-state index in [1.165, 1.54) is 23.9 Å². The normalized spacial score (nSPS) is 12.2. The van der Waals surface area contributed by atoms with E-state index in [-0.39, 0.29) is 16.8 Å². The van der Waals surface area contributed by atoms with Crippen LogP contribution in [-0.2, 0) is 11.8 Å². The van der Waals surface area contributed by atoms with E-state index in [1.54, 1.807) is 25.3 Å². The Morgan fingerprint density at radius 1 is 1.47 bits per heavy atom. The van der Waals surface area contributed by atoms with Crippen LogP contribution in [0.3, 0.4) is 0 Å². The van der Waals surface area contributed by atoms with Gasteiger partial charge >= 0.3 is 0 Å².